The van der Waals surface area contributed by atoms with Crippen molar-refractivity contribution in [2.75, 3.05) is 13.7 Å². The van der Waals surface area contributed by atoms with E-state index in [0.29, 0.717) is 48.1 Å². The minimum atomic E-state index is -0.516. The lowest BCUT2D eigenvalue weighted by atomic mass is 9.76. The number of nitrogens with two attached hydrogens (primary N) is 1. The first-order valence-corrected chi connectivity index (χ1v) is 13.0. The van der Waals surface area contributed by atoms with Gasteiger partial charge in [0.2, 0.25) is 0 Å². The average molecular weight is 634 g/mol. The first-order chi connectivity index (χ1) is 16.3. The van der Waals surface area contributed by atoms with E-state index < -0.39 is 5.92 Å². The highest BCUT2D eigenvalue weighted by Crippen LogP contribution is 2.46. The number of carbonyl (C=O) groups is 1. The standard InChI is InChI=1S/C26H25BrIN3O3/c1-3-33-22-12-16(11-19(28)25(22)34-14-15-7-9-17(27)10-8-15)23-18(13-29)26(30)31(2)20-5-4-6-21(32)24(20)23/h7-12,23H,3-6,14,30H2,1-2H3/t23-/m1/s1. The van der Waals surface area contributed by atoms with E-state index >= 15 is 0 Å². The van der Waals surface area contributed by atoms with Crippen molar-refractivity contribution < 1.29 is 14.3 Å². The maximum Gasteiger partial charge on any atom is 0.174 e. The summed E-state index contributed by atoms with van der Waals surface area (Å²) >= 11 is 5.67. The third kappa shape index (κ3) is 4.68. The van der Waals surface area contributed by atoms with Crippen molar-refractivity contribution in [3.05, 3.63) is 78.2 Å². The fourth-order valence-corrected chi connectivity index (χ4v) is 5.54. The van der Waals surface area contributed by atoms with Crippen LogP contribution in [-0.2, 0) is 11.4 Å². The van der Waals surface area contributed by atoms with E-state index in [0.717, 1.165) is 37.7 Å². The van der Waals surface area contributed by atoms with Crippen molar-refractivity contribution in [1.29, 1.82) is 5.26 Å². The van der Waals surface area contributed by atoms with Crippen LogP contribution >= 0.6 is 38.5 Å². The van der Waals surface area contributed by atoms with Gasteiger partial charge in [0.15, 0.2) is 17.3 Å². The number of Topliss-reactive ketones (excluding diaryl/α,β-unsaturated/α-hetero) is 1. The molecule has 34 heavy (non-hydrogen) atoms. The predicted molar refractivity (Wildman–Crippen MR) is 142 cm³/mol. The molecule has 1 aliphatic carbocycles. The molecule has 8 heteroatoms. The Morgan fingerprint density at radius 3 is 2.65 bits per heavy atom. The summed E-state index contributed by atoms with van der Waals surface area (Å²) in [5, 5.41) is 10.0. The van der Waals surface area contributed by atoms with Gasteiger partial charge in [-0.2, -0.15) is 5.26 Å². The zero-order chi connectivity index (χ0) is 24.4. The summed E-state index contributed by atoms with van der Waals surface area (Å²) in [5.41, 5.74) is 10.2. The summed E-state index contributed by atoms with van der Waals surface area (Å²) in [6.45, 7) is 2.76. The number of hydrogen-bond donors (Lipinski definition) is 1. The second-order valence-electron chi connectivity index (χ2n) is 8.22. The molecule has 0 spiro atoms. The monoisotopic (exact) mass is 633 g/mol. The van der Waals surface area contributed by atoms with Gasteiger partial charge in [-0.3, -0.25) is 4.79 Å². The largest absolute Gasteiger partial charge is 0.490 e. The van der Waals surface area contributed by atoms with Crippen LogP contribution in [0.4, 0.5) is 0 Å². The van der Waals surface area contributed by atoms with E-state index in [1.54, 1.807) is 4.90 Å². The average Bonchev–Trinajstić information content (AvgIpc) is 2.82. The van der Waals surface area contributed by atoms with E-state index in [9.17, 15) is 10.1 Å². The van der Waals surface area contributed by atoms with Gasteiger partial charge in [-0.15, -0.1) is 0 Å². The van der Waals surface area contributed by atoms with Gasteiger partial charge in [0, 0.05) is 29.2 Å². The molecule has 4 rings (SSSR count). The number of nitriles is 1. The summed E-state index contributed by atoms with van der Waals surface area (Å²) in [7, 11) is 1.82. The Kier molecular flexibility index (Phi) is 7.53. The summed E-state index contributed by atoms with van der Waals surface area (Å²) < 4.78 is 14.0. The third-order valence-corrected chi connectivity index (χ3v) is 7.46. The molecule has 2 N–H and O–H groups in total. The lowest BCUT2D eigenvalue weighted by molar-refractivity contribution is -0.116. The molecule has 0 bridgehead atoms. The number of benzene rings is 2. The van der Waals surface area contributed by atoms with Gasteiger partial charge < -0.3 is 20.1 Å². The Morgan fingerprint density at radius 2 is 1.97 bits per heavy atom. The number of rotatable bonds is 6. The molecule has 0 fully saturated rings. The SMILES string of the molecule is CCOc1cc([C@@H]2C(C#N)=C(N)N(C)C3=C2C(=O)CCC3)cc(I)c1OCc1ccc(Br)cc1. The van der Waals surface area contributed by atoms with Gasteiger partial charge in [0.05, 0.1) is 27.7 Å². The van der Waals surface area contributed by atoms with Gasteiger partial charge in [-0.1, -0.05) is 28.1 Å². The van der Waals surface area contributed by atoms with Crippen LogP contribution in [0.3, 0.4) is 0 Å². The Hall–Kier alpha value is -2.51. The highest BCUT2D eigenvalue weighted by atomic mass is 127. The van der Waals surface area contributed by atoms with E-state index in [4.69, 9.17) is 15.2 Å². The van der Waals surface area contributed by atoms with Crippen molar-refractivity contribution in [3.63, 3.8) is 0 Å². The van der Waals surface area contributed by atoms with E-state index in [-0.39, 0.29) is 5.78 Å². The number of allylic oxidation sites excluding steroid dienone is 3. The van der Waals surface area contributed by atoms with Crippen LogP contribution < -0.4 is 15.2 Å². The number of ether oxygens (including phenoxy) is 2. The molecule has 2 aromatic carbocycles. The molecule has 0 aromatic heterocycles. The Balaban J connectivity index is 1.77. The first kappa shape index (κ1) is 24.6. The smallest absolute Gasteiger partial charge is 0.174 e. The molecule has 6 nitrogen and oxygen atoms in total. The molecule has 1 heterocycles. The fraction of sp³-hybridized carbons (Fsp3) is 0.308. The second kappa shape index (κ2) is 10.4. The lowest BCUT2D eigenvalue weighted by Crippen LogP contribution is -2.36. The highest BCUT2D eigenvalue weighted by molar-refractivity contribution is 14.1. The van der Waals surface area contributed by atoms with E-state index in [1.807, 2.05) is 50.4 Å². The van der Waals surface area contributed by atoms with Crippen molar-refractivity contribution >= 4 is 44.3 Å². The first-order valence-electron chi connectivity index (χ1n) is 11.1. The molecule has 2 aliphatic rings. The predicted octanol–water partition coefficient (Wildman–Crippen LogP) is 5.76. The molecule has 2 aromatic rings. The topological polar surface area (TPSA) is 88.6 Å². The summed E-state index contributed by atoms with van der Waals surface area (Å²) in [4.78, 5) is 14.9. The maximum absolute atomic E-state index is 13.1. The molecular formula is C26H25BrIN3O3. The van der Waals surface area contributed by atoms with Crippen molar-refractivity contribution in [1.82, 2.24) is 4.90 Å². The summed E-state index contributed by atoms with van der Waals surface area (Å²) in [5.74, 6) is 1.17. The summed E-state index contributed by atoms with van der Waals surface area (Å²) in [6, 6.07) is 14.1. The maximum atomic E-state index is 13.1. The molecule has 1 aliphatic heterocycles. The van der Waals surface area contributed by atoms with Crippen LogP contribution in [-0.4, -0.2) is 24.3 Å². The van der Waals surface area contributed by atoms with Gasteiger partial charge in [-0.05, 0) is 77.7 Å². The Labute approximate surface area is 221 Å². The normalized spacial score (nSPS) is 18.0. The molecule has 0 saturated heterocycles. The number of ketones is 1. The van der Waals surface area contributed by atoms with Gasteiger partial charge in [-0.25, -0.2) is 0 Å². The van der Waals surface area contributed by atoms with Crippen LogP contribution in [0.25, 0.3) is 0 Å². The number of halogens is 2. The van der Waals surface area contributed by atoms with Gasteiger partial charge >= 0.3 is 0 Å². The number of nitrogens with zero attached hydrogens (tertiary/aromatic N) is 2. The zero-order valence-electron chi connectivity index (χ0n) is 19.0. The van der Waals surface area contributed by atoms with Crippen LogP contribution in [0.5, 0.6) is 11.5 Å². The van der Waals surface area contributed by atoms with Gasteiger partial charge in [0.25, 0.3) is 0 Å². The number of carbonyl (C=O) groups excluding carboxylic acids is 1. The van der Waals surface area contributed by atoms with E-state index in [1.165, 1.54) is 0 Å². The minimum absolute atomic E-state index is 0.0712. The highest BCUT2D eigenvalue weighted by Gasteiger charge is 2.39. The van der Waals surface area contributed by atoms with Gasteiger partial charge in [0.1, 0.15) is 12.4 Å². The van der Waals surface area contributed by atoms with Crippen LogP contribution in [0.2, 0.25) is 0 Å². The van der Waals surface area contributed by atoms with Crippen molar-refractivity contribution in [2.45, 2.75) is 38.7 Å². The Bertz CT molecular complexity index is 1230. The molecule has 0 radical (unpaired) electrons. The molecular weight excluding hydrogens is 609 g/mol. The van der Waals surface area contributed by atoms with Crippen molar-refractivity contribution in [2.24, 2.45) is 5.73 Å². The minimum Gasteiger partial charge on any atom is -0.490 e. The fourth-order valence-electron chi connectivity index (χ4n) is 4.49. The summed E-state index contributed by atoms with van der Waals surface area (Å²) in [6.07, 6.45) is 2.03. The van der Waals surface area contributed by atoms with Crippen LogP contribution in [0, 0.1) is 14.9 Å². The zero-order valence-corrected chi connectivity index (χ0v) is 22.8. The quantitative estimate of drug-likeness (QED) is 0.407. The molecule has 0 unspecified atom stereocenters. The van der Waals surface area contributed by atoms with Crippen LogP contribution in [0.1, 0.15) is 43.2 Å². The number of hydrogen-bond acceptors (Lipinski definition) is 6. The Morgan fingerprint density at radius 1 is 1.24 bits per heavy atom. The van der Waals surface area contributed by atoms with Crippen molar-refractivity contribution in [3.8, 4) is 17.6 Å². The van der Waals surface area contributed by atoms with Crippen LogP contribution in [0.15, 0.2) is 63.5 Å². The second-order valence-corrected chi connectivity index (χ2v) is 10.3. The lowest BCUT2D eigenvalue weighted by Gasteiger charge is -2.37. The molecule has 0 amide bonds. The molecule has 0 saturated carbocycles. The third-order valence-electron chi connectivity index (χ3n) is 6.13. The van der Waals surface area contributed by atoms with E-state index in [2.05, 4.69) is 44.6 Å². The molecule has 1 atom stereocenters. The molecule has 176 valence electrons.